The van der Waals surface area contributed by atoms with Crippen LogP contribution in [-0.2, 0) is 4.79 Å². The summed E-state index contributed by atoms with van der Waals surface area (Å²) in [6.45, 7) is 4.30. The molecule has 2 rings (SSSR count). The van der Waals surface area contributed by atoms with Crippen molar-refractivity contribution >= 4 is 45.5 Å². The number of carbonyl (C=O) groups excluding carboxylic acids is 1. The predicted molar refractivity (Wildman–Crippen MR) is 84.8 cm³/mol. The molecular formula is C13H16FIN4O. The number of nitrogens with two attached hydrogens (primary N) is 1. The van der Waals surface area contributed by atoms with Gasteiger partial charge in [0, 0.05) is 12.6 Å². The van der Waals surface area contributed by atoms with Gasteiger partial charge in [-0.15, -0.1) is 0 Å². The van der Waals surface area contributed by atoms with Crippen molar-refractivity contribution in [1.29, 1.82) is 0 Å². The number of halogens is 2. The van der Waals surface area contributed by atoms with E-state index < -0.39 is 6.04 Å². The lowest BCUT2D eigenvalue weighted by atomic mass is 10.2. The molecule has 7 heteroatoms. The first-order valence-electron chi connectivity index (χ1n) is 6.35. The Bertz CT molecular complexity index is 655. The maximum absolute atomic E-state index is 13.7. The number of anilines is 1. The molecule has 1 aromatic heterocycles. The van der Waals surface area contributed by atoms with Crippen LogP contribution in [0, 0.1) is 9.39 Å². The Morgan fingerprint density at radius 3 is 2.95 bits per heavy atom. The maximum Gasteiger partial charge on any atom is 0.242 e. The first-order valence-corrected chi connectivity index (χ1v) is 7.43. The van der Waals surface area contributed by atoms with E-state index in [0.717, 1.165) is 6.42 Å². The second-order valence-corrected chi connectivity index (χ2v) is 5.72. The minimum atomic E-state index is -0.536. The molecule has 1 amide bonds. The molecule has 20 heavy (non-hydrogen) atoms. The number of carbonyl (C=O) groups is 1. The Labute approximate surface area is 129 Å². The zero-order chi connectivity index (χ0) is 14.9. The average molecular weight is 390 g/mol. The zero-order valence-corrected chi connectivity index (χ0v) is 13.4. The highest BCUT2D eigenvalue weighted by molar-refractivity contribution is 14.1. The number of nitrogens with zero attached hydrogens (tertiary/aromatic N) is 2. The zero-order valence-electron chi connectivity index (χ0n) is 11.3. The van der Waals surface area contributed by atoms with Crippen molar-refractivity contribution in [3.63, 3.8) is 0 Å². The van der Waals surface area contributed by atoms with Crippen LogP contribution >= 0.6 is 22.6 Å². The van der Waals surface area contributed by atoms with Crippen LogP contribution in [0.5, 0.6) is 0 Å². The van der Waals surface area contributed by atoms with Gasteiger partial charge in [0.05, 0.1) is 14.6 Å². The van der Waals surface area contributed by atoms with Crippen molar-refractivity contribution in [3.05, 3.63) is 21.5 Å². The van der Waals surface area contributed by atoms with E-state index in [-0.39, 0.29) is 17.7 Å². The molecule has 2 aromatic rings. The van der Waals surface area contributed by atoms with Crippen molar-refractivity contribution < 1.29 is 9.18 Å². The lowest BCUT2D eigenvalue weighted by molar-refractivity contribution is -0.123. The number of nitrogens with one attached hydrogen (secondary N) is 1. The lowest BCUT2D eigenvalue weighted by Crippen LogP contribution is -2.31. The highest BCUT2D eigenvalue weighted by Crippen LogP contribution is 2.26. The van der Waals surface area contributed by atoms with Gasteiger partial charge in [-0.25, -0.2) is 9.37 Å². The van der Waals surface area contributed by atoms with Gasteiger partial charge in [0.1, 0.15) is 11.9 Å². The first-order chi connectivity index (χ1) is 9.45. The molecule has 1 heterocycles. The van der Waals surface area contributed by atoms with E-state index in [1.807, 2.05) is 29.5 Å². The molecular weight excluding hydrogens is 374 g/mol. The van der Waals surface area contributed by atoms with Gasteiger partial charge in [0.25, 0.3) is 0 Å². The Kier molecular flexibility index (Phi) is 4.46. The monoisotopic (exact) mass is 390 g/mol. The fourth-order valence-electron chi connectivity index (χ4n) is 2.03. The largest absolute Gasteiger partial charge is 0.369 e. The van der Waals surface area contributed by atoms with Gasteiger partial charge in [0.2, 0.25) is 11.9 Å². The normalized spacial score (nSPS) is 12.6. The van der Waals surface area contributed by atoms with E-state index in [1.54, 1.807) is 17.6 Å². The maximum atomic E-state index is 13.7. The highest BCUT2D eigenvalue weighted by Gasteiger charge is 2.21. The van der Waals surface area contributed by atoms with Crippen LogP contribution in [0.2, 0.25) is 0 Å². The number of hydrogen-bond donors (Lipinski definition) is 2. The minimum Gasteiger partial charge on any atom is -0.369 e. The Hall–Kier alpha value is -1.38. The van der Waals surface area contributed by atoms with Crippen LogP contribution in [-0.4, -0.2) is 22.0 Å². The standard InChI is InChI=1S/C13H16FIN4O/c1-3-4-17-12(20)7(2)19-11-5-8(14)9(15)6-10(11)18-13(19)16/h5-7H,3-4H2,1-2H3,(H2,16,18)(H,17,20). The van der Waals surface area contributed by atoms with Crippen molar-refractivity contribution in [1.82, 2.24) is 14.9 Å². The number of rotatable bonds is 4. The molecule has 1 atom stereocenters. The second-order valence-electron chi connectivity index (χ2n) is 4.56. The molecule has 5 nitrogen and oxygen atoms in total. The van der Waals surface area contributed by atoms with Gasteiger partial charge in [-0.05, 0) is 42.0 Å². The summed E-state index contributed by atoms with van der Waals surface area (Å²) in [6, 6.07) is 2.45. The molecule has 1 aromatic carbocycles. The van der Waals surface area contributed by atoms with Gasteiger partial charge < -0.3 is 11.1 Å². The third-order valence-electron chi connectivity index (χ3n) is 3.07. The number of hydrogen-bond acceptors (Lipinski definition) is 3. The Morgan fingerprint density at radius 1 is 1.60 bits per heavy atom. The first kappa shape index (κ1) is 15.0. The summed E-state index contributed by atoms with van der Waals surface area (Å²) >= 11 is 1.90. The third kappa shape index (κ3) is 2.72. The third-order valence-corrected chi connectivity index (χ3v) is 3.90. The molecule has 0 saturated carbocycles. The molecule has 0 saturated heterocycles. The van der Waals surface area contributed by atoms with Crippen LogP contribution in [0.4, 0.5) is 10.3 Å². The topological polar surface area (TPSA) is 72.9 Å². The van der Waals surface area contributed by atoms with E-state index in [1.165, 1.54) is 6.07 Å². The van der Waals surface area contributed by atoms with Gasteiger partial charge >= 0.3 is 0 Å². The number of fused-ring (bicyclic) bond motifs is 1. The van der Waals surface area contributed by atoms with E-state index in [2.05, 4.69) is 10.3 Å². The van der Waals surface area contributed by atoms with Crippen molar-refractivity contribution in [3.8, 4) is 0 Å². The number of nitrogen functional groups attached to an aromatic ring is 1. The van der Waals surface area contributed by atoms with Gasteiger partial charge in [-0.1, -0.05) is 6.92 Å². The van der Waals surface area contributed by atoms with Crippen LogP contribution in [0.15, 0.2) is 12.1 Å². The van der Waals surface area contributed by atoms with Gasteiger partial charge in [-0.2, -0.15) is 0 Å². The number of aromatic nitrogens is 2. The molecule has 3 N–H and O–H groups in total. The smallest absolute Gasteiger partial charge is 0.242 e. The van der Waals surface area contributed by atoms with Crippen LogP contribution < -0.4 is 11.1 Å². The molecule has 0 radical (unpaired) electrons. The molecule has 0 aliphatic carbocycles. The summed E-state index contributed by atoms with van der Waals surface area (Å²) in [4.78, 5) is 16.2. The summed E-state index contributed by atoms with van der Waals surface area (Å²) in [5.74, 6) is -0.294. The Morgan fingerprint density at radius 2 is 2.30 bits per heavy atom. The molecule has 0 aliphatic rings. The van der Waals surface area contributed by atoms with Crippen LogP contribution in [0.3, 0.4) is 0 Å². The lowest BCUT2D eigenvalue weighted by Gasteiger charge is -2.15. The summed E-state index contributed by atoms with van der Waals surface area (Å²) in [7, 11) is 0. The number of amides is 1. The summed E-state index contributed by atoms with van der Waals surface area (Å²) in [5.41, 5.74) is 6.98. The summed E-state index contributed by atoms with van der Waals surface area (Å²) < 4.78 is 15.7. The number of imidazole rings is 1. The van der Waals surface area contributed by atoms with E-state index >= 15 is 0 Å². The van der Waals surface area contributed by atoms with E-state index in [4.69, 9.17) is 5.73 Å². The van der Waals surface area contributed by atoms with E-state index in [9.17, 15) is 9.18 Å². The number of benzene rings is 1. The van der Waals surface area contributed by atoms with Crippen LogP contribution in [0.25, 0.3) is 11.0 Å². The summed E-state index contributed by atoms with van der Waals surface area (Å²) in [6.07, 6.45) is 0.853. The Balaban J connectivity index is 2.45. The average Bonchev–Trinajstić information content (AvgIpc) is 2.71. The molecule has 0 spiro atoms. The van der Waals surface area contributed by atoms with Crippen molar-refractivity contribution in [2.45, 2.75) is 26.3 Å². The predicted octanol–water partition coefficient (Wildman–Crippen LogP) is 2.45. The minimum absolute atomic E-state index is 0.156. The van der Waals surface area contributed by atoms with Gasteiger partial charge in [-0.3, -0.25) is 9.36 Å². The fraction of sp³-hybridized carbons (Fsp3) is 0.385. The summed E-state index contributed by atoms with van der Waals surface area (Å²) in [5, 5.41) is 2.80. The quantitative estimate of drug-likeness (QED) is 0.788. The second kappa shape index (κ2) is 5.94. The fourth-order valence-corrected chi connectivity index (χ4v) is 2.48. The SMILES string of the molecule is CCCNC(=O)C(C)n1c(N)nc2cc(I)c(F)cc21. The van der Waals surface area contributed by atoms with Crippen molar-refractivity contribution in [2.75, 3.05) is 12.3 Å². The molecule has 108 valence electrons. The van der Waals surface area contributed by atoms with Gasteiger partial charge in [0.15, 0.2) is 0 Å². The highest BCUT2D eigenvalue weighted by atomic mass is 127. The molecule has 0 fully saturated rings. The van der Waals surface area contributed by atoms with E-state index in [0.29, 0.717) is 21.1 Å². The molecule has 1 unspecified atom stereocenters. The van der Waals surface area contributed by atoms with Crippen LogP contribution in [0.1, 0.15) is 26.3 Å². The molecule has 0 aliphatic heterocycles. The van der Waals surface area contributed by atoms with Crippen molar-refractivity contribution in [2.24, 2.45) is 0 Å². The molecule has 0 bridgehead atoms.